The Morgan fingerprint density at radius 2 is 2.31 bits per heavy atom. The topological polar surface area (TPSA) is 29.1 Å². The number of carbonyl (C=O) groups excluding carboxylic acids is 1. The van der Waals surface area contributed by atoms with Gasteiger partial charge in [0.1, 0.15) is 0 Å². The van der Waals surface area contributed by atoms with Gasteiger partial charge in [0.2, 0.25) is 0 Å². The minimum absolute atomic E-state index is 0.0110. The Kier molecular flexibility index (Phi) is 3.96. The van der Waals surface area contributed by atoms with Crippen LogP contribution in [0.3, 0.4) is 0 Å². The summed E-state index contributed by atoms with van der Waals surface area (Å²) < 4.78 is 0. The molecule has 13 heavy (non-hydrogen) atoms. The van der Waals surface area contributed by atoms with Gasteiger partial charge < -0.3 is 5.32 Å². The van der Waals surface area contributed by atoms with Crippen molar-refractivity contribution in [2.75, 3.05) is 11.9 Å². The summed E-state index contributed by atoms with van der Waals surface area (Å²) in [6.07, 6.45) is 0. The van der Waals surface area contributed by atoms with Gasteiger partial charge in [-0.1, -0.05) is 33.6 Å². The molecule has 0 aromatic heterocycles. The summed E-state index contributed by atoms with van der Waals surface area (Å²) in [6.45, 7) is 2.63. The van der Waals surface area contributed by atoms with Crippen molar-refractivity contribution in [3.05, 3.63) is 35.4 Å². The number of aryl methyl sites for hydroxylation is 1. The van der Waals surface area contributed by atoms with Crippen LogP contribution in [-0.2, 0) is 0 Å². The summed E-state index contributed by atoms with van der Waals surface area (Å²) in [4.78, 5) is 11.4. The molecule has 70 valence electrons. The van der Waals surface area contributed by atoms with Crippen molar-refractivity contribution in [1.29, 1.82) is 0 Å². The van der Waals surface area contributed by atoms with Crippen LogP contribution in [0.4, 0.5) is 0 Å². The van der Waals surface area contributed by atoms with Gasteiger partial charge in [0.25, 0.3) is 5.91 Å². The number of amides is 1. The molecular weight excluding hydrogens is 230 g/mol. The van der Waals surface area contributed by atoms with Gasteiger partial charge in [-0.3, -0.25) is 4.79 Å². The van der Waals surface area contributed by atoms with Crippen molar-refractivity contribution in [2.24, 2.45) is 0 Å². The van der Waals surface area contributed by atoms with E-state index in [1.807, 2.05) is 31.2 Å². The lowest BCUT2D eigenvalue weighted by molar-refractivity contribution is 0.0956. The lowest BCUT2D eigenvalue weighted by Crippen LogP contribution is -2.25. The first-order valence-corrected chi connectivity index (χ1v) is 5.27. The maximum absolute atomic E-state index is 11.4. The zero-order valence-electron chi connectivity index (χ0n) is 7.51. The number of alkyl halides is 1. The van der Waals surface area contributed by atoms with E-state index in [2.05, 4.69) is 21.2 Å². The molecule has 3 heteroatoms. The van der Waals surface area contributed by atoms with Crippen LogP contribution in [0.1, 0.15) is 15.9 Å². The molecule has 0 saturated heterocycles. The fourth-order valence-corrected chi connectivity index (χ4v) is 1.25. The molecule has 2 nitrogen and oxygen atoms in total. The monoisotopic (exact) mass is 241 g/mol. The highest BCUT2D eigenvalue weighted by Crippen LogP contribution is 2.03. The largest absolute Gasteiger partial charge is 0.351 e. The molecule has 0 radical (unpaired) electrons. The van der Waals surface area contributed by atoms with Crippen molar-refractivity contribution in [1.82, 2.24) is 5.32 Å². The number of carbonyl (C=O) groups is 1. The summed E-state index contributed by atoms with van der Waals surface area (Å²) in [6, 6.07) is 7.56. The Labute approximate surface area is 86.5 Å². The Bertz CT molecular complexity index is 299. The average molecular weight is 242 g/mol. The third-order valence-corrected chi connectivity index (χ3v) is 2.06. The summed E-state index contributed by atoms with van der Waals surface area (Å²) in [5.41, 5.74) is 1.83. The zero-order valence-corrected chi connectivity index (χ0v) is 9.10. The molecule has 0 bridgehead atoms. The zero-order chi connectivity index (χ0) is 9.68. The number of nitrogens with one attached hydrogen (secondary N) is 1. The highest BCUT2D eigenvalue weighted by atomic mass is 79.9. The third kappa shape index (κ3) is 3.19. The van der Waals surface area contributed by atoms with E-state index in [9.17, 15) is 4.79 Å². The second-order valence-electron chi connectivity index (χ2n) is 2.81. The predicted octanol–water partition coefficient (Wildman–Crippen LogP) is 2.12. The molecule has 0 atom stereocenters. The Morgan fingerprint density at radius 1 is 1.54 bits per heavy atom. The Balaban J connectivity index is 2.66. The first-order valence-electron chi connectivity index (χ1n) is 4.15. The maximum Gasteiger partial charge on any atom is 0.251 e. The maximum atomic E-state index is 11.4. The van der Waals surface area contributed by atoms with E-state index in [0.29, 0.717) is 6.54 Å². The molecule has 1 aromatic rings. The predicted molar refractivity (Wildman–Crippen MR) is 57.3 cm³/mol. The van der Waals surface area contributed by atoms with Crippen LogP contribution in [0.15, 0.2) is 24.3 Å². The van der Waals surface area contributed by atoms with Gasteiger partial charge in [-0.2, -0.15) is 0 Å². The molecule has 1 rings (SSSR count). The van der Waals surface area contributed by atoms with Crippen LogP contribution in [-0.4, -0.2) is 17.8 Å². The number of benzene rings is 1. The van der Waals surface area contributed by atoms with Gasteiger partial charge in [-0.15, -0.1) is 0 Å². The SMILES string of the molecule is Cc1cccc(C(=O)NCCBr)c1. The standard InChI is InChI=1S/C10H12BrNO/c1-8-3-2-4-9(7-8)10(13)12-6-5-11/h2-4,7H,5-6H2,1H3,(H,12,13). The van der Waals surface area contributed by atoms with Crippen LogP contribution in [0, 0.1) is 6.92 Å². The molecule has 0 heterocycles. The van der Waals surface area contributed by atoms with Crippen LogP contribution in [0.2, 0.25) is 0 Å². The molecule has 0 aliphatic heterocycles. The minimum atomic E-state index is -0.0110. The Hall–Kier alpha value is -0.830. The van der Waals surface area contributed by atoms with Gasteiger partial charge in [-0.25, -0.2) is 0 Å². The van der Waals surface area contributed by atoms with Gasteiger partial charge in [0, 0.05) is 17.4 Å². The smallest absolute Gasteiger partial charge is 0.251 e. The fraction of sp³-hybridized carbons (Fsp3) is 0.300. The number of hydrogen-bond donors (Lipinski definition) is 1. The molecule has 1 N–H and O–H groups in total. The Morgan fingerprint density at radius 3 is 2.92 bits per heavy atom. The van der Waals surface area contributed by atoms with Crippen molar-refractivity contribution in [3.8, 4) is 0 Å². The summed E-state index contributed by atoms with van der Waals surface area (Å²) >= 11 is 3.25. The van der Waals surface area contributed by atoms with Gasteiger partial charge in [-0.05, 0) is 19.1 Å². The van der Waals surface area contributed by atoms with Crippen LogP contribution in [0.25, 0.3) is 0 Å². The molecule has 0 saturated carbocycles. The average Bonchev–Trinajstić information content (AvgIpc) is 2.14. The molecule has 1 aromatic carbocycles. The second kappa shape index (κ2) is 5.02. The molecule has 1 amide bonds. The summed E-state index contributed by atoms with van der Waals surface area (Å²) in [7, 11) is 0. The molecule has 0 spiro atoms. The molecule has 0 fully saturated rings. The first-order chi connectivity index (χ1) is 6.24. The second-order valence-corrected chi connectivity index (χ2v) is 3.61. The van der Waals surface area contributed by atoms with E-state index in [0.717, 1.165) is 16.5 Å². The van der Waals surface area contributed by atoms with Crippen molar-refractivity contribution in [2.45, 2.75) is 6.92 Å². The van der Waals surface area contributed by atoms with Crippen LogP contribution < -0.4 is 5.32 Å². The van der Waals surface area contributed by atoms with E-state index >= 15 is 0 Å². The highest BCUT2D eigenvalue weighted by molar-refractivity contribution is 9.09. The van der Waals surface area contributed by atoms with Crippen LogP contribution in [0.5, 0.6) is 0 Å². The van der Waals surface area contributed by atoms with E-state index in [4.69, 9.17) is 0 Å². The van der Waals surface area contributed by atoms with Crippen LogP contribution >= 0.6 is 15.9 Å². The molecule has 0 aliphatic rings. The molecule has 0 unspecified atom stereocenters. The van der Waals surface area contributed by atoms with Gasteiger partial charge >= 0.3 is 0 Å². The lowest BCUT2D eigenvalue weighted by atomic mass is 10.1. The third-order valence-electron chi connectivity index (χ3n) is 1.66. The van der Waals surface area contributed by atoms with Crippen molar-refractivity contribution >= 4 is 21.8 Å². The van der Waals surface area contributed by atoms with E-state index < -0.39 is 0 Å². The fourth-order valence-electron chi connectivity index (χ4n) is 1.05. The molecule has 0 aliphatic carbocycles. The minimum Gasteiger partial charge on any atom is -0.351 e. The normalized spacial score (nSPS) is 9.69. The van der Waals surface area contributed by atoms with E-state index in [1.54, 1.807) is 0 Å². The quantitative estimate of drug-likeness (QED) is 0.808. The number of halogens is 1. The van der Waals surface area contributed by atoms with Gasteiger partial charge in [0.15, 0.2) is 0 Å². The molecular formula is C10H12BrNO. The van der Waals surface area contributed by atoms with E-state index in [-0.39, 0.29) is 5.91 Å². The first kappa shape index (κ1) is 10.3. The number of hydrogen-bond acceptors (Lipinski definition) is 1. The lowest BCUT2D eigenvalue weighted by Gasteiger charge is -2.03. The van der Waals surface area contributed by atoms with Crippen molar-refractivity contribution in [3.63, 3.8) is 0 Å². The summed E-state index contributed by atoms with van der Waals surface area (Å²) in [5, 5.41) is 3.57. The van der Waals surface area contributed by atoms with E-state index in [1.165, 1.54) is 0 Å². The van der Waals surface area contributed by atoms with Crippen molar-refractivity contribution < 1.29 is 4.79 Å². The highest BCUT2D eigenvalue weighted by Gasteiger charge is 2.02. The summed E-state index contributed by atoms with van der Waals surface area (Å²) in [5.74, 6) is -0.0110. The van der Waals surface area contributed by atoms with Gasteiger partial charge in [0.05, 0.1) is 0 Å². The number of rotatable bonds is 3.